The molecule has 1 N–H and O–H groups in total. The van der Waals surface area contributed by atoms with Crippen molar-refractivity contribution < 1.29 is 29.0 Å². The van der Waals surface area contributed by atoms with E-state index in [4.69, 9.17) is 9.47 Å². The highest BCUT2D eigenvalue weighted by Crippen LogP contribution is 2.59. The molecule has 4 rings (SSSR count). The minimum atomic E-state index is -1.18. The molecule has 9 nitrogen and oxygen atoms in total. The van der Waals surface area contributed by atoms with Gasteiger partial charge < -0.3 is 29.3 Å². The molecule has 1 spiro atoms. The number of hydrogen-bond donors (Lipinski definition) is 1. The van der Waals surface area contributed by atoms with Crippen molar-refractivity contribution in [2.75, 3.05) is 42.6 Å². The normalized spacial score (nSPS) is 27.7. The summed E-state index contributed by atoms with van der Waals surface area (Å²) in [6.45, 7) is 17.3. The Bertz CT molecular complexity index is 1130. The highest BCUT2D eigenvalue weighted by Gasteiger charge is 2.75. The number of benzene rings is 1. The number of nitrogens with zero attached hydrogens (tertiary/aromatic N) is 3. The zero-order chi connectivity index (χ0) is 29.9. The first-order chi connectivity index (χ1) is 19.7. The molecule has 0 saturated carbocycles. The van der Waals surface area contributed by atoms with Crippen LogP contribution in [0.5, 0.6) is 0 Å². The number of anilines is 2. The maximum Gasteiger partial charge on any atom is 0.312 e. The van der Waals surface area contributed by atoms with E-state index in [9.17, 15) is 19.5 Å². The van der Waals surface area contributed by atoms with E-state index in [1.54, 1.807) is 11.0 Å². The highest BCUT2D eigenvalue weighted by molar-refractivity contribution is 6.05. The van der Waals surface area contributed by atoms with E-state index < -0.39 is 41.6 Å². The molecule has 3 fully saturated rings. The molecule has 1 aromatic carbocycles. The average molecular weight is 568 g/mol. The van der Waals surface area contributed by atoms with Crippen molar-refractivity contribution in [3.05, 3.63) is 49.6 Å². The first kappa shape index (κ1) is 30.8. The number of rotatable bonds is 14. The number of carbonyl (C=O) groups excluding carboxylic acids is 3. The lowest BCUT2D eigenvalue weighted by molar-refractivity contribution is -0.155. The fraction of sp³-hybridized carbons (Fsp3) is 0.594. The van der Waals surface area contributed by atoms with Gasteiger partial charge in [-0.3, -0.25) is 14.4 Å². The molecule has 0 aliphatic carbocycles. The average Bonchev–Trinajstić information content (AvgIpc) is 3.63. The molecular formula is C32H45N3O6. The van der Waals surface area contributed by atoms with Gasteiger partial charge in [0.2, 0.25) is 5.91 Å². The fourth-order valence-corrected chi connectivity index (χ4v) is 7.08. The molecule has 0 aromatic heterocycles. The summed E-state index contributed by atoms with van der Waals surface area (Å²) >= 11 is 0. The predicted molar refractivity (Wildman–Crippen MR) is 158 cm³/mol. The summed E-state index contributed by atoms with van der Waals surface area (Å²) in [6.07, 6.45) is 4.35. The number of likely N-dealkylation sites (tertiary alicyclic amines) is 1. The minimum Gasteiger partial charge on any atom is -0.461 e. The maximum atomic E-state index is 14.7. The molecule has 9 heteroatoms. The molecule has 3 heterocycles. The van der Waals surface area contributed by atoms with Crippen molar-refractivity contribution in [2.24, 2.45) is 17.8 Å². The van der Waals surface area contributed by atoms with Gasteiger partial charge in [-0.1, -0.05) is 39.0 Å². The van der Waals surface area contributed by atoms with Crippen molar-refractivity contribution in [1.29, 1.82) is 0 Å². The number of hydrogen-bond acceptors (Lipinski definition) is 7. The van der Waals surface area contributed by atoms with E-state index >= 15 is 0 Å². The second-order valence-electron chi connectivity index (χ2n) is 11.3. The van der Waals surface area contributed by atoms with Crippen molar-refractivity contribution >= 4 is 29.2 Å². The number of esters is 1. The van der Waals surface area contributed by atoms with Crippen LogP contribution in [0.25, 0.3) is 0 Å². The summed E-state index contributed by atoms with van der Waals surface area (Å²) in [5.41, 5.74) is 0.548. The Balaban J connectivity index is 1.79. The van der Waals surface area contributed by atoms with E-state index in [0.29, 0.717) is 24.9 Å². The van der Waals surface area contributed by atoms with Crippen molar-refractivity contribution in [1.82, 2.24) is 4.90 Å². The summed E-state index contributed by atoms with van der Waals surface area (Å²) in [5, 5.41) is 10.5. The van der Waals surface area contributed by atoms with Crippen LogP contribution in [-0.2, 0) is 23.9 Å². The third kappa shape index (κ3) is 5.18. The Labute approximate surface area is 243 Å². The molecule has 3 aliphatic rings. The van der Waals surface area contributed by atoms with Crippen LogP contribution in [0.1, 0.15) is 47.0 Å². The molecule has 2 amide bonds. The summed E-state index contributed by atoms with van der Waals surface area (Å²) in [6, 6.07) is 6.19. The first-order valence-corrected chi connectivity index (χ1v) is 14.9. The number of carbonyl (C=O) groups is 3. The zero-order valence-electron chi connectivity index (χ0n) is 24.8. The van der Waals surface area contributed by atoms with Crippen LogP contribution in [0.3, 0.4) is 0 Å². The van der Waals surface area contributed by atoms with E-state index in [1.165, 1.54) is 11.0 Å². The van der Waals surface area contributed by atoms with Gasteiger partial charge in [0.25, 0.3) is 5.91 Å². The highest BCUT2D eigenvalue weighted by atomic mass is 16.6. The second kappa shape index (κ2) is 12.8. The summed E-state index contributed by atoms with van der Waals surface area (Å²) < 4.78 is 11.9. The SMILES string of the molecule is C=CCOC(=O)[C@@H]1[C@H]2C(=O)N([C@@H](CO)[C@@H](C)CC)C(C(=O)N(CC=C)c3ccc(N(CC)CC)cc3)C23CC[C@H]1O3. The number of aliphatic hydroxyl groups is 1. The van der Waals surface area contributed by atoms with Gasteiger partial charge in [-0.15, -0.1) is 6.58 Å². The summed E-state index contributed by atoms with van der Waals surface area (Å²) in [7, 11) is 0. The van der Waals surface area contributed by atoms with Gasteiger partial charge in [0, 0.05) is 31.0 Å². The van der Waals surface area contributed by atoms with Gasteiger partial charge >= 0.3 is 5.97 Å². The van der Waals surface area contributed by atoms with Gasteiger partial charge in [-0.2, -0.15) is 0 Å². The quantitative estimate of drug-likeness (QED) is 0.271. The van der Waals surface area contributed by atoms with Crippen LogP contribution >= 0.6 is 0 Å². The molecule has 7 atom stereocenters. The Morgan fingerprint density at radius 2 is 1.83 bits per heavy atom. The van der Waals surface area contributed by atoms with E-state index in [1.807, 2.05) is 38.1 Å². The molecule has 3 saturated heterocycles. The molecule has 2 bridgehead atoms. The van der Waals surface area contributed by atoms with Crippen LogP contribution in [0.4, 0.5) is 11.4 Å². The Morgan fingerprint density at radius 3 is 2.39 bits per heavy atom. The second-order valence-corrected chi connectivity index (χ2v) is 11.3. The van der Waals surface area contributed by atoms with E-state index in [2.05, 4.69) is 31.9 Å². The third-order valence-corrected chi connectivity index (χ3v) is 9.30. The lowest BCUT2D eigenvalue weighted by atomic mass is 9.70. The fourth-order valence-electron chi connectivity index (χ4n) is 7.08. The monoisotopic (exact) mass is 567 g/mol. The standard InChI is InChI=1S/C32H45N3O6/c1-7-18-34(23-14-12-22(13-15-23)33(10-4)11-5)30(38)28-32-17-16-25(41-32)26(31(39)40-19-8-2)27(32)29(37)35(28)24(20-36)21(6)9-3/h7-8,12-15,21,24-28,36H,1-2,9-11,16-20H2,3-6H3/t21-,24-,25+,26-,27-,28?,32?/m0/s1. The van der Waals surface area contributed by atoms with Crippen LogP contribution in [0.15, 0.2) is 49.6 Å². The zero-order valence-corrected chi connectivity index (χ0v) is 24.8. The Hall–Kier alpha value is -3.17. The third-order valence-electron chi connectivity index (χ3n) is 9.30. The van der Waals surface area contributed by atoms with Gasteiger partial charge in [-0.05, 0) is 56.9 Å². The first-order valence-electron chi connectivity index (χ1n) is 14.9. The lowest BCUT2D eigenvalue weighted by Crippen LogP contribution is -2.60. The molecule has 224 valence electrons. The van der Waals surface area contributed by atoms with Crippen LogP contribution in [0.2, 0.25) is 0 Å². The molecule has 41 heavy (non-hydrogen) atoms. The van der Waals surface area contributed by atoms with Crippen LogP contribution < -0.4 is 9.80 Å². The largest absolute Gasteiger partial charge is 0.461 e. The van der Waals surface area contributed by atoms with Crippen molar-refractivity contribution in [3.63, 3.8) is 0 Å². The minimum absolute atomic E-state index is 0.0325. The Morgan fingerprint density at radius 1 is 1.17 bits per heavy atom. The van der Waals surface area contributed by atoms with Crippen molar-refractivity contribution in [2.45, 2.75) is 70.7 Å². The number of amides is 2. The van der Waals surface area contributed by atoms with E-state index in [-0.39, 0.29) is 37.5 Å². The van der Waals surface area contributed by atoms with Crippen LogP contribution in [0, 0.1) is 17.8 Å². The number of fused-ring (bicyclic) bond motifs is 1. The molecule has 0 radical (unpaired) electrons. The number of aliphatic hydroxyl groups excluding tert-OH is 1. The summed E-state index contributed by atoms with van der Waals surface area (Å²) in [4.78, 5) is 47.6. The van der Waals surface area contributed by atoms with Gasteiger partial charge in [0.05, 0.1) is 30.6 Å². The summed E-state index contributed by atoms with van der Waals surface area (Å²) in [5.74, 6) is -2.91. The lowest BCUT2D eigenvalue weighted by Gasteiger charge is -2.41. The molecular weight excluding hydrogens is 522 g/mol. The smallest absolute Gasteiger partial charge is 0.312 e. The predicted octanol–water partition coefficient (Wildman–Crippen LogP) is 3.56. The van der Waals surface area contributed by atoms with E-state index in [0.717, 1.165) is 18.8 Å². The molecule has 2 unspecified atom stereocenters. The van der Waals surface area contributed by atoms with Crippen molar-refractivity contribution in [3.8, 4) is 0 Å². The molecule has 1 aromatic rings. The topological polar surface area (TPSA) is 99.6 Å². The van der Waals surface area contributed by atoms with Crippen LogP contribution in [-0.4, -0.2) is 84.4 Å². The maximum absolute atomic E-state index is 14.7. The number of ether oxygens (including phenoxy) is 2. The van der Waals surface area contributed by atoms with Gasteiger partial charge in [0.15, 0.2) is 0 Å². The van der Waals surface area contributed by atoms with Gasteiger partial charge in [-0.25, -0.2) is 0 Å². The van der Waals surface area contributed by atoms with Gasteiger partial charge in [0.1, 0.15) is 18.2 Å². The molecule has 3 aliphatic heterocycles. The Kier molecular flexibility index (Phi) is 9.59.